The number of urea groups is 1. The van der Waals surface area contributed by atoms with E-state index in [9.17, 15) is 18.8 Å². The van der Waals surface area contributed by atoms with Crippen molar-refractivity contribution in [2.45, 2.75) is 50.1 Å². The molecule has 1 aromatic rings. The van der Waals surface area contributed by atoms with Gasteiger partial charge in [-0.25, -0.2) is 9.18 Å². The van der Waals surface area contributed by atoms with Crippen molar-refractivity contribution in [1.29, 1.82) is 0 Å². The van der Waals surface area contributed by atoms with Gasteiger partial charge in [-0.15, -0.1) is 0 Å². The Morgan fingerprint density at radius 3 is 2.75 bits per heavy atom. The third kappa shape index (κ3) is 3.20. The summed E-state index contributed by atoms with van der Waals surface area (Å²) in [6.45, 7) is 0.949. The van der Waals surface area contributed by atoms with Gasteiger partial charge in [-0.1, -0.05) is 12.1 Å². The second-order valence-electron chi connectivity index (χ2n) is 7.87. The van der Waals surface area contributed by atoms with Crippen LogP contribution in [0.1, 0.15) is 43.2 Å². The number of amides is 4. The summed E-state index contributed by atoms with van der Waals surface area (Å²) in [5, 5.41) is 2.30. The van der Waals surface area contributed by atoms with Crippen LogP contribution in [0.25, 0.3) is 0 Å². The number of barbiturate groups is 1. The first-order valence-electron chi connectivity index (χ1n) is 9.73. The van der Waals surface area contributed by atoms with Crippen molar-refractivity contribution in [3.8, 4) is 0 Å². The predicted molar refractivity (Wildman–Crippen MR) is 97.5 cm³/mol. The van der Waals surface area contributed by atoms with Crippen LogP contribution in [0.5, 0.6) is 0 Å². The fraction of sp³-hybridized carbons (Fsp3) is 0.550. The summed E-state index contributed by atoms with van der Waals surface area (Å²) in [6, 6.07) is 3.97. The summed E-state index contributed by atoms with van der Waals surface area (Å²) in [5.41, 5.74) is 6.95. The number of hydrogen-bond donors (Lipinski definition) is 2. The third-order valence-corrected chi connectivity index (χ3v) is 6.17. The van der Waals surface area contributed by atoms with Crippen molar-refractivity contribution >= 4 is 17.8 Å². The van der Waals surface area contributed by atoms with Gasteiger partial charge in [0.05, 0.1) is 0 Å². The number of carbonyl (C=O) groups is 3. The van der Waals surface area contributed by atoms with Crippen LogP contribution in [0.4, 0.5) is 9.18 Å². The summed E-state index contributed by atoms with van der Waals surface area (Å²) in [4.78, 5) is 38.7. The Balaban J connectivity index is 1.51. The quantitative estimate of drug-likeness (QED) is 0.762. The number of nitrogens with zero attached hydrogens (tertiary/aromatic N) is 1. The van der Waals surface area contributed by atoms with Gasteiger partial charge in [0.25, 0.3) is 0 Å². The third-order valence-electron chi connectivity index (χ3n) is 6.17. The molecule has 4 amide bonds. The summed E-state index contributed by atoms with van der Waals surface area (Å²) in [5.74, 6) is -2.43. The molecule has 0 bridgehead atoms. The number of halogens is 1. The molecule has 0 spiro atoms. The molecule has 3 N–H and O–H groups in total. The van der Waals surface area contributed by atoms with E-state index in [1.165, 1.54) is 11.0 Å². The van der Waals surface area contributed by atoms with Crippen molar-refractivity contribution in [3.05, 3.63) is 35.1 Å². The normalized spacial score (nSPS) is 28.4. The topological polar surface area (TPSA) is 102 Å². The van der Waals surface area contributed by atoms with Gasteiger partial charge in [0.2, 0.25) is 11.8 Å². The van der Waals surface area contributed by atoms with E-state index >= 15 is 0 Å². The molecule has 0 aromatic heterocycles. The van der Waals surface area contributed by atoms with Gasteiger partial charge in [0.15, 0.2) is 0 Å². The minimum absolute atomic E-state index is 0.169. The zero-order valence-corrected chi connectivity index (χ0v) is 15.6. The lowest BCUT2D eigenvalue weighted by molar-refractivity contribution is -0.145. The molecule has 0 radical (unpaired) electrons. The molecule has 3 aliphatic rings. The number of benzene rings is 1. The van der Waals surface area contributed by atoms with E-state index in [1.807, 2.05) is 6.07 Å². The predicted octanol–water partition coefficient (Wildman–Crippen LogP) is 1.58. The van der Waals surface area contributed by atoms with E-state index in [0.29, 0.717) is 50.9 Å². The van der Waals surface area contributed by atoms with E-state index in [0.717, 1.165) is 5.56 Å². The Bertz CT molecular complexity index is 824. The lowest BCUT2D eigenvalue weighted by Gasteiger charge is -2.38. The minimum atomic E-state index is -0.989. The summed E-state index contributed by atoms with van der Waals surface area (Å²) in [6.07, 6.45) is 2.80. The zero-order chi connectivity index (χ0) is 19.9. The summed E-state index contributed by atoms with van der Waals surface area (Å²) in [7, 11) is 0. The molecule has 28 heavy (non-hydrogen) atoms. The standard InChI is InChI=1S/C20H24FN3O4/c21-15-3-1-2-12-4-8-20(22,16(12)15)9-5-14-17(25)23-19(27)24(18(14)26)13-6-10-28-11-7-13/h1-3,13-14H,4-11,22H2,(H,23,25,27)/t14?,20-/m1/s1. The molecule has 1 unspecified atom stereocenters. The van der Waals surface area contributed by atoms with Gasteiger partial charge in [-0.2, -0.15) is 0 Å². The molecule has 7 nitrogen and oxygen atoms in total. The molecule has 150 valence electrons. The number of ether oxygens (including phenoxy) is 1. The van der Waals surface area contributed by atoms with Gasteiger partial charge >= 0.3 is 6.03 Å². The van der Waals surface area contributed by atoms with Crippen LogP contribution in [0, 0.1) is 11.7 Å². The van der Waals surface area contributed by atoms with Crippen molar-refractivity contribution < 1.29 is 23.5 Å². The molecule has 2 saturated heterocycles. The second-order valence-corrected chi connectivity index (χ2v) is 7.87. The van der Waals surface area contributed by atoms with Crippen LogP contribution in [0.15, 0.2) is 18.2 Å². The van der Waals surface area contributed by atoms with Crippen LogP contribution in [0.3, 0.4) is 0 Å². The molecule has 4 rings (SSSR count). The first kappa shape index (κ1) is 19.0. The molecule has 1 aromatic carbocycles. The number of nitrogens with two attached hydrogens (primary N) is 1. The van der Waals surface area contributed by atoms with Gasteiger partial charge in [-0.3, -0.25) is 19.8 Å². The van der Waals surface area contributed by atoms with Crippen molar-refractivity contribution in [3.63, 3.8) is 0 Å². The highest BCUT2D eigenvalue weighted by molar-refractivity contribution is 6.16. The summed E-state index contributed by atoms with van der Waals surface area (Å²) < 4.78 is 19.7. The highest BCUT2D eigenvalue weighted by atomic mass is 19.1. The second kappa shape index (κ2) is 7.25. The van der Waals surface area contributed by atoms with Crippen molar-refractivity contribution in [2.24, 2.45) is 11.7 Å². The maximum Gasteiger partial charge on any atom is 0.331 e. The lowest BCUT2D eigenvalue weighted by Crippen LogP contribution is -2.61. The van der Waals surface area contributed by atoms with E-state index in [1.54, 1.807) is 6.07 Å². The van der Waals surface area contributed by atoms with E-state index < -0.39 is 29.3 Å². The van der Waals surface area contributed by atoms with Crippen LogP contribution in [-0.2, 0) is 26.3 Å². The Labute approximate surface area is 162 Å². The van der Waals surface area contributed by atoms with Gasteiger partial charge in [0, 0.05) is 30.4 Å². The molecular weight excluding hydrogens is 365 g/mol. The van der Waals surface area contributed by atoms with Crippen LogP contribution >= 0.6 is 0 Å². The number of carbonyl (C=O) groups excluding carboxylic acids is 3. The van der Waals surface area contributed by atoms with E-state index in [2.05, 4.69) is 5.32 Å². The van der Waals surface area contributed by atoms with Gasteiger partial charge in [-0.05, 0) is 50.2 Å². The zero-order valence-electron chi connectivity index (χ0n) is 15.6. The number of aryl methyl sites for hydroxylation is 1. The Kier molecular flexibility index (Phi) is 4.93. The number of fused-ring (bicyclic) bond motifs is 1. The highest BCUT2D eigenvalue weighted by Crippen LogP contribution is 2.40. The van der Waals surface area contributed by atoms with E-state index in [-0.39, 0.29) is 18.3 Å². The number of nitrogens with one attached hydrogen (secondary N) is 1. The first-order chi connectivity index (χ1) is 13.4. The molecule has 0 saturated carbocycles. The molecule has 2 fully saturated rings. The largest absolute Gasteiger partial charge is 0.381 e. The van der Waals surface area contributed by atoms with Crippen molar-refractivity contribution in [2.75, 3.05) is 13.2 Å². The first-order valence-corrected chi connectivity index (χ1v) is 9.73. The number of rotatable bonds is 4. The molecule has 1 aliphatic carbocycles. The minimum Gasteiger partial charge on any atom is -0.381 e. The average molecular weight is 389 g/mol. The Morgan fingerprint density at radius 2 is 2.00 bits per heavy atom. The number of hydrogen-bond acceptors (Lipinski definition) is 5. The van der Waals surface area contributed by atoms with Crippen LogP contribution in [-0.4, -0.2) is 42.0 Å². The maximum atomic E-state index is 14.4. The Morgan fingerprint density at radius 1 is 1.25 bits per heavy atom. The van der Waals surface area contributed by atoms with Crippen molar-refractivity contribution in [1.82, 2.24) is 10.2 Å². The molecular formula is C20H24FN3O4. The summed E-state index contributed by atoms with van der Waals surface area (Å²) >= 11 is 0. The molecule has 2 aliphatic heterocycles. The highest BCUT2D eigenvalue weighted by Gasteiger charge is 2.45. The SMILES string of the molecule is N[C@@]1(CCC2C(=O)NC(=O)N(C3CCOCC3)C2=O)CCc2cccc(F)c21. The smallest absolute Gasteiger partial charge is 0.331 e. The average Bonchev–Trinajstić information content (AvgIpc) is 3.00. The van der Waals surface area contributed by atoms with Crippen LogP contribution < -0.4 is 11.1 Å². The molecule has 8 heteroatoms. The molecule has 2 heterocycles. The Hall–Kier alpha value is -2.32. The monoisotopic (exact) mass is 389 g/mol. The fourth-order valence-corrected chi connectivity index (χ4v) is 4.65. The lowest BCUT2D eigenvalue weighted by atomic mass is 9.83. The number of imide groups is 2. The van der Waals surface area contributed by atoms with Crippen LogP contribution in [0.2, 0.25) is 0 Å². The fourth-order valence-electron chi connectivity index (χ4n) is 4.65. The van der Waals surface area contributed by atoms with Gasteiger partial charge in [0.1, 0.15) is 11.7 Å². The maximum absolute atomic E-state index is 14.4. The van der Waals surface area contributed by atoms with E-state index in [4.69, 9.17) is 10.5 Å². The molecule has 2 atom stereocenters. The van der Waals surface area contributed by atoms with Gasteiger partial charge < -0.3 is 10.5 Å².